The number of esters is 1. The molecule has 2 heterocycles. The van der Waals surface area contributed by atoms with Crippen molar-refractivity contribution in [3.05, 3.63) is 75.9 Å². The van der Waals surface area contributed by atoms with Crippen LogP contribution < -0.4 is 15.8 Å². The van der Waals surface area contributed by atoms with Gasteiger partial charge in [0.1, 0.15) is 39.7 Å². The molecule has 38 heavy (non-hydrogen) atoms. The Labute approximate surface area is 230 Å². The average molecular weight is 555 g/mol. The zero-order valence-electron chi connectivity index (χ0n) is 21.9. The van der Waals surface area contributed by atoms with Crippen LogP contribution in [0.3, 0.4) is 0 Å². The van der Waals surface area contributed by atoms with Gasteiger partial charge in [-0.2, -0.15) is 0 Å². The fourth-order valence-electron chi connectivity index (χ4n) is 3.88. The van der Waals surface area contributed by atoms with E-state index in [1.807, 2.05) is 68.7 Å². The molecule has 0 saturated heterocycles. The average Bonchev–Trinajstić information content (AvgIpc) is 3.45. The highest BCUT2D eigenvalue weighted by atomic mass is 35.5. The molecule has 0 fully saturated rings. The molecule has 10 heteroatoms. The molecule has 0 aliphatic carbocycles. The summed E-state index contributed by atoms with van der Waals surface area (Å²) >= 11 is 7.56. The molecule has 0 radical (unpaired) electrons. The van der Waals surface area contributed by atoms with Crippen molar-refractivity contribution in [2.45, 2.75) is 58.9 Å². The number of hydrogen-bond donors (Lipinski definition) is 2. The Bertz CT molecular complexity index is 1470. The number of nitrogens with one attached hydrogen (secondary N) is 1. The summed E-state index contributed by atoms with van der Waals surface area (Å²) in [7, 11) is 0. The van der Waals surface area contributed by atoms with Crippen molar-refractivity contribution in [1.82, 2.24) is 14.9 Å². The van der Waals surface area contributed by atoms with Crippen LogP contribution in [0.1, 0.15) is 61.5 Å². The summed E-state index contributed by atoms with van der Waals surface area (Å²) in [6.45, 7) is 9.63. The smallest absolute Gasteiger partial charge is 0.323 e. The molecular formula is C28H31ClN4O4S. The van der Waals surface area contributed by atoms with Crippen LogP contribution in [0, 0.1) is 0 Å². The number of aromatic nitrogens is 2. The summed E-state index contributed by atoms with van der Waals surface area (Å²) in [4.78, 5) is 29.4. The highest BCUT2D eigenvalue weighted by molar-refractivity contribution is 7.16. The van der Waals surface area contributed by atoms with E-state index in [4.69, 9.17) is 26.8 Å². The molecule has 0 aliphatic rings. The van der Waals surface area contributed by atoms with Gasteiger partial charge in [0.25, 0.3) is 5.91 Å². The van der Waals surface area contributed by atoms with Gasteiger partial charge in [-0.25, -0.2) is 4.98 Å². The lowest BCUT2D eigenvalue weighted by Gasteiger charge is -2.22. The number of rotatable bonds is 9. The van der Waals surface area contributed by atoms with Crippen LogP contribution in [0.4, 0.5) is 0 Å². The summed E-state index contributed by atoms with van der Waals surface area (Å²) < 4.78 is 13.5. The first-order chi connectivity index (χ1) is 17.9. The maximum absolute atomic E-state index is 12.3. The molecule has 8 nitrogen and oxygen atoms in total. The van der Waals surface area contributed by atoms with E-state index in [9.17, 15) is 9.59 Å². The number of nitrogens with two attached hydrogens (primary N) is 1. The van der Waals surface area contributed by atoms with Crippen molar-refractivity contribution in [3.8, 4) is 10.8 Å². The van der Waals surface area contributed by atoms with E-state index < -0.39 is 23.7 Å². The number of thiophene rings is 1. The maximum atomic E-state index is 12.3. The monoisotopic (exact) mass is 554 g/mol. The van der Waals surface area contributed by atoms with Crippen molar-refractivity contribution in [2.75, 3.05) is 0 Å². The predicted octanol–water partition coefficient (Wildman–Crippen LogP) is 5.80. The van der Waals surface area contributed by atoms with Crippen molar-refractivity contribution in [2.24, 2.45) is 5.73 Å². The molecule has 3 N–H and O–H groups in total. The Morgan fingerprint density at radius 3 is 2.58 bits per heavy atom. The summed E-state index contributed by atoms with van der Waals surface area (Å²) in [5, 5.41) is 4.53. The van der Waals surface area contributed by atoms with Crippen LogP contribution in [0.2, 0.25) is 5.02 Å². The molecule has 4 rings (SSSR count). The van der Waals surface area contributed by atoms with Crippen LogP contribution in [0.5, 0.6) is 5.75 Å². The van der Waals surface area contributed by atoms with Crippen molar-refractivity contribution in [1.29, 1.82) is 0 Å². The summed E-state index contributed by atoms with van der Waals surface area (Å²) in [6, 6.07) is 14.6. The lowest BCUT2D eigenvalue weighted by atomic mass is 10.1. The zero-order valence-corrected chi connectivity index (χ0v) is 23.5. The van der Waals surface area contributed by atoms with E-state index in [1.165, 1.54) is 11.3 Å². The van der Waals surface area contributed by atoms with Crippen LogP contribution in [0.15, 0.2) is 54.9 Å². The lowest BCUT2D eigenvalue weighted by Crippen LogP contribution is -2.38. The molecule has 2 aromatic carbocycles. The van der Waals surface area contributed by atoms with Gasteiger partial charge < -0.3 is 20.5 Å². The van der Waals surface area contributed by atoms with Gasteiger partial charge in [0.2, 0.25) is 0 Å². The minimum atomic E-state index is -0.576. The minimum Gasteiger partial charge on any atom is -0.484 e. The third-order valence-corrected chi connectivity index (χ3v) is 7.25. The second kappa shape index (κ2) is 11.1. The Morgan fingerprint density at radius 1 is 1.16 bits per heavy atom. The van der Waals surface area contributed by atoms with Crippen LogP contribution in [-0.2, 0) is 16.1 Å². The van der Waals surface area contributed by atoms with Crippen LogP contribution in [0.25, 0.3) is 16.0 Å². The normalized spacial score (nSPS) is 13.3. The molecule has 0 aliphatic heterocycles. The van der Waals surface area contributed by atoms with Gasteiger partial charge in [-0.05, 0) is 58.4 Å². The van der Waals surface area contributed by atoms with Crippen molar-refractivity contribution >= 4 is 45.8 Å². The van der Waals surface area contributed by atoms with E-state index >= 15 is 0 Å². The summed E-state index contributed by atoms with van der Waals surface area (Å²) in [5.41, 5.74) is 8.55. The highest BCUT2D eigenvalue weighted by Gasteiger charge is 2.22. The molecule has 4 aromatic rings. The summed E-state index contributed by atoms with van der Waals surface area (Å²) in [5.74, 6) is -0.497. The molecule has 0 spiro atoms. The molecule has 2 aromatic heterocycles. The number of benzene rings is 2. The third-order valence-electron chi connectivity index (χ3n) is 5.78. The molecule has 0 saturated carbocycles. The quantitative estimate of drug-likeness (QED) is 0.253. The summed E-state index contributed by atoms with van der Waals surface area (Å²) in [6.07, 6.45) is 1.30. The fourth-order valence-corrected chi connectivity index (χ4v) is 5.10. The zero-order chi connectivity index (χ0) is 27.6. The molecule has 1 amide bonds. The first kappa shape index (κ1) is 27.6. The van der Waals surface area contributed by atoms with Gasteiger partial charge in [0.05, 0.1) is 11.0 Å². The number of nitrogens with zero attached hydrogens (tertiary/aromatic N) is 2. The van der Waals surface area contributed by atoms with E-state index in [-0.39, 0.29) is 5.97 Å². The predicted molar refractivity (Wildman–Crippen MR) is 150 cm³/mol. The number of carbonyl (C=O) groups excluding carboxylic acids is 2. The number of imidazole rings is 1. The first-order valence-electron chi connectivity index (χ1n) is 12.2. The maximum Gasteiger partial charge on any atom is 0.323 e. The number of hydrogen-bond acceptors (Lipinski definition) is 7. The molecule has 0 bridgehead atoms. The number of carbonyl (C=O) groups is 2. The Kier molecular flexibility index (Phi) is 8.10. The van der Waals surface area contributed by atoms with Crippen LogP contribution >= 0.6 is 22.9 Å². The van der Waals surface area contributed by atoms with Gasteiger partial charge in [-0.1, -0.05) is 35.9 Å². The fraction of sp³-hybridized carbons (Fsp3) is 0.321. The Balaban J connectivity index is 1.58. The topological polar surface area (TPSA) is 108 Å². The largest absolute Gasteiger partial charge is 0.484 e. The minimum absolute atomic E-state index is 0.306. The second-order valence-corrected chi connectivity index (χ2v) is 11.4. The van der Waals surface area contributed by atoms with Gasteiger partial charge >= 0.3 is 5.97 Å². The van der Waals surface area contributed by atoms with Gasteiger partial charge in [0.15, 0.2) is 0 Å². The van der Waals surface area contributed by atoms with E-state index in [2.05, 4.69) is 10.3 Å². The lowest BCUT2D eigenvalue weighted by molar-refractivity contribution is -0.157. The van der Waals surface area contributed by atoms with Gasteiger partial charge in [0, 0.05) is 23.2 Å². The SMILES string of the molecule is C[C@H](NCc1ccc2ncn(-c3cc(O[C@H](C)c4ccccc4Cl)c(C(N)=O)s3)c2c1)C(=O)OC(C)(C)C. The number of amides is 1. The number of halogens is 1. The van der Waals surface area contributed by atoms with Gasteiger partial charge in [-0.15, -0.1) is 11.3 Å². The molecule has 200 valence electrons. The first-order valence-corrected chi connectivity index (χ1v) is 13.4. The van der Waals surface area contributed by atoms with E-state index in [1.54, 1.807) is 25.4 Å². The molecular weight excluding hydrogens is 524 g/mol. The molecule has 2 atom stereocenters. The van der Waals surface area contributed by atoms with Gasteiger partial charge in [-0.3, -0.25) is 14.2 Å². The van der Waals surface area contributed by atoms with E-state index in [0.29, 0.717) is 22.2 Å². The van der Waals surface area contributed by atoms with Crippen molar-refractivity contribution in [3.63, 3.8) is 0 Å². The Hall–Kier alpha value is -3.40. The van der Waals surface area contributed by atoms with Crippen LogP contribution in [-0.4, -0.2) is 33.1 Å². The van der Waals surface area contributed by atoms with E-state index in [0.717, 1.165) is 27.2 Å². The van der Waals surface area contributed by atoms with Crippen molar-refractivity contribution < 1.29 is 19.1 Å². The standard InChI is InChI=1S/C28H31ClN4O4S/c1-16(27(35)37-28(3,4)5)31-14-18-10-11-21-22(12-18)33(15-32-21)24-13-23(25(38-24)26(30)34)36-17(2)19-8-6-7-9-20(19)29/h6-13,15-17,31H,14H2,1-5H3,(H2,30,34)/t16-,17+/m0/s1. The highest BCUT2D eigenvalue weighted by Crippen LogP contribution is 2.37. The number of fused-ring (bicyclic) bond motifs is 1. The number of primary amides is 1. The third kappa shape index (κ3) is 6.35. The number of ether oxygens (including phenoxy) is 2. The Morgan fingerprint density at radius 2 is 1.89 bits per heavy atom. The molecule has 0 unspecified atom stereocenters. The second-order valence-electron chi connectivity index (χ2n) is 10.00.